The van der Waals surface area contributed by atoms with Gasteiger partial charge in [0.2, 0.25) is 0 Å². The van der Waals surface area contributed by atoms with E-state index < -0.39 is 5.60 Å². The Balaban J connectivity index is 2.15. The predicted molar refractivity (Wildman–Crippen MR) is 76.8 cm³/mol. The number of aliphatic hydroxyl groups excluding tert-OH is 1. The molecule has 2 rings (SSSR count). The molecule has 0 radical (unpaired) electrons. The van der Waals surface area contributed by atoms with Gasteiger partial charge in [-0.3, -0.25) is 0 Å². The van der Waals surface area contributed by atoms with E-state index in [-0.39, 0.29) is 6.61 Å². The summed E-state index contributed by atoms with van der Waals surface area (Å²) in [6, 6.07) is 5.86. The summed E-state index contributed by atoms with van der Waals surface area (Å²) in [5, 5.41) is 19.8. The first-order chi connectivity index (χ1) is 8.54. The highest BCUT2D eigenvalue weighted by Gasteiger charge is 2.32. The second-order valence-electron chi connectivity index (χ2n) is 5.22. The molecule has 100 valence electrons. The second kappa shape index (κ2) is 5.59. The van der Waals surface area contributed by atoms with Crippen molar-refractivity contribution in [2.24, 2.45) is 0 Å². The van der Waals surface area contributed by atoms with E-state index >= 15 is 0 Å². The number of likely N-dealkylation sites (N-methyl/N-ethyl adjacent to an activating group) is 1. The summed E-state index contributed by atoms with van der Waals surface area (Å²) in [6.45, 7) is 0.638. The van der Waals surface area contributed by atoms with E-state index in [1.165, 1.54) is 0 Å². The van der Waals surface area contributed by atoms with Gasteiger partial charge in [0.25, 0.3) is 0 Å². The molecule has 0 unspecified atom stereocenters. The minimum absolute atomic E-state index is 0.0115. The molecule has 4 heteroatoms. The van der Waals surface area contributed by atoms with Crippen LogP contribution in [0.25, 0.3) is 0 Å². The first-order valence-electron chi connectivity index (χ1n) is 6.37. The molecule has 0 heterocycles. The largest absolute Gasteiger partial charge is 0.392 e. The van der Waals surface area contributed by atoms with Gasteiger partial charge in [-0.1, -0.05) is 28.8 Å². The maximum atomic E-state index is 10.4. The molecular formula is C14H20BrNO2. The molecule has 18 heavy (non-hydrogen) atoms. The fourth-order valence-electron chi connectivity index (χ4n) is 2.77. The second-order valence-corrected chi connectivity index (χ2v) is 6.13. The van der Waals surface area contributed by atoms with E-state index in [1.807, 2.05) is 30.1 Å². The van der Waals surface area contributed by atoms with Crippen molar-refractivity contribution in [1.82, 2.24) is 0 Å². The highest BCUT2D eigenvalue weighted by atomic mass is 79.9. The Kier molecular flexibility index (Phi) is 4.30. The van der Waals surface area contributed by atoms with Crippen molar-refractivity contribution in [2.75, 3.05) is 18.5 Å². The third kappa shape index (κ3) is 3.05. The van der Waals surface area contributed by atoms with Gasteiger partial charge in [0.15, 0.2) is 0 Å². The highest BCUT2D eigenvalue weighted by Crippen LogP contribution is 2.32. The van der Waals surface area contributed by atoms with Crippen LogP contribution in [-0.2, 0) is 6.61 Å². The molecule has 0 spiro atoms. The lowest BCUT2D eigenvalue weighted by Crippen LogP contribution is -2.39. The van der Waals surface area contributed by atoms with Crippen LogP contribution in [-0.4, -0.2) is 29.4 Å². The molecule has 1 aromatic carbocycles. The minimum atomic E-state index is -0.561. The lowest BCUT2D eigenvalue weighted by atomic mass is 10.0. The Bertz CT molecular complexity index is 416. The molecule has 1 saturated carbocycles. The fourth-order valence-corrected chi connectivity index (χ4v) is 3.18. The van der Waals surface area contributed by atoms with Crippen LogP contribution in [0.15, 0.2) is 22.7 Å². The quantitative estimate of drug-likeness (QED) is 0.898. The number of rotatable bonds is 4. The molecule has 3 nitrogen and oxygen atoms in total. The number of nitrogens with zero attached hydrogens (tertiary/aromatic N) is 1. The van der Waals surface area contributed by atoms with Gasteiger partial charge < -0.3 is 15.1 Å². The molecule has 1 aromatic rings. The minimum Gasteiger partial charge on any atom is -0.392 e. The summed E-state index contributed by atoms with van der Waals surface area (Å²) < 4.78 is 0.961. The topological polar surface area (TPSA) is 43.7 Å². The maximum Gasteiger partial charge on any atom is 0.0821 e. The zero-order valence-corrected chi connectivity index (χ0v) is 12.3. The van der Waals surface area contributed by atoms with Crippen LogP contribution in [0.1, 0.15) is 31.2 Å². The molecule has 1 aliphatic rings. The van der Waals surface area contributed by atoms with Crippen LogP contribution in [0, 0.1) is 0 Å². The summed E-state index contributed by atoms with van der Waals surface area (Å²) >= 11 is 3.41. The summed E-state index contributed by atoms with van der Waals surface area (Å²) in [5.41, 5.74) is 1.31. The Morgan fingerprint density at radius 1 is 1.33 bits per heavy atom. The molecule has 0 amide bonds. The van der Waals surface area contributed by atoms with E-state index in [9.17, 15) is 10.2 Å². The van der Waals surface area contributed by atoms with Crippen LogP contribution in [0.2, 0.25) is 0 Å². The predicted octanol–water partition coefficient (Wildman–Crippen LogP) is 2.68. The van der Waals surface area contributed by atoms with Crippen molar-refractivity contribution in [1.29, 1.82) is 0 Å². The SMILES string of the molecule is CN(CC1(O)CCCC1)c1ccc(Br)cc1CO. The molecule has 0 atom stereocenters. The van der Waals surface area contributed by atoms with Gasteiger partial charge in [-0.05, 0) is 31.0 Å². The molecule has 1 aliphatic carbocycles. The normalized spacial score (nSPS) is 18.0. The Morgan fingerprint density at radius 2 is 2.00 bits per heavy atom. The Labute approximate surface area is 117 Å². The van der Waals surface area contributed by atoms with Gasteiger partial charge in [0.05, 0.1) is 12.2 Å². The lowest BCUT2D eigenvalue weighted by Gasteiger charge is -2.31. The summed E-state index contributed by atoms with van der Waals surface area (Å²) in [5.74, 6) is 0. The third-order valence-corrected chi connectivity index (χ3v) is 4.18. The Hall–Kier alpha value is -0.580. The van der Waals surface area contributed by atoms with Crippen molar-refractivity contribution in [3.63, 3.8) is 0 Å². The Morgan fingerprint density at radius 3 is 2.61 bits per heavy atom. The zero-order valence-electron chi connectivity index (χ0n) is 10.7. The molecular weight excluding hydrogens is 294 g/mol. The molecule has 0 bridgehead atoms. The maximum absolute atomic E-state index is 10.4. The van der Waals surface area contributed by atoms with Crippen molar-refractivity contribution in [3.8, 4) is 0 Å². The summed E-state index contributed by atoms with van der Waals surface area (Å²) in [6.07, 6.45) is 3.97. The van der Waals surface area contributed by atoms with Gasteiger partial charge in [-0.25, -0.2) is 0 Å². The molecule has 2 N–H and O–H groups in total. The monoisotopic (exact) mass is 313 g/mol. The summed E-state index contributed by atoms with van der Waals surface area (Å²) in [4.78, 5) is 2.04. The van der Waals surface area contributed by atoms with E-state index in [0.717, 1.165) is 41.4 Å². The van der Waals surface area contributed by atoms with Gasteiger partial charge in [0.1, 0.15) is 0 Å². The van der Waals surface area contributed by atoms with Crippen molar-refractivity contribution in [3.05, 3.63) is 28.2 Å². The van der Waals surface area contributed by atoms with Crippen LogP contribution in [0.4, 0.5) is 5.69 Å². The van der Waals surface area contributed by atoms with Gasteiger partial charge in [0, 0.05) is 29.3 Å². The van der Waals surface area contributed by atoms with Crippen LogP contribution >= 0.6 is 15.9 Å². The van der Waals surface area contributed by atoms with E-state index in [0.29, 0.717) is 6.54 Å². The number of aliphatic hydroxyl groups is 2. The standard InChI is InChI=1S/C14H20BrNO2/c1-16(10-14(18)6-2-3-7-14)13-5-4-12(15)8-11(13)9-17/h4-5,8,17-18H,2-3,6-7,9-10H2,1H3. The molecule has 0 aliphatic heterocycles. The zero-order chi connectivity index (χ0) is 13.2. The van der Waals surface area contributed by atoms with E-state index in [4.69, 9.17) is 0 Å². The first kappa shape index (κ1) is 13.8. The van der Waals surface area contributed by atoms with Crippen molar-refractivity contribution in [2.45, 2.75) is 37.9 Å². The first-order valence-corrected chi connectivity index (χ1v) is 7.16. The van der Waals surface area contributed by atoms with Gasteiger partial charge >= 0.3 is 0 Å². The average Bonchev–Trinajstić information content (AvgIpc) is 2.75. The number of hydrogen-bond acceptors (Lipinski definition) is 3. The highest BCUT2D eigenvalue weighted by molar-refractivity contribution is 9.10. The number of anilines is 1. The fraction of sp³-hybridized carbons (Fsp3) is 0.571. The van der Waals surface area contributed by atoms with E-state index in [1.54, 1.807) is 0 Å². The smallest absolute Gasteiger partial charge is 0.0821 e. The van der Waals surface area contributed by atoms with Gasteiger partial charge in [-0.15, -0.1) is 0 Å². The number of hydrogen-bond donors (Lipinski definition) is 2. The van der Waals surface area contributed by atoms with Crippen LogP contribution in [0.3, 0.4) is 0 Å². The molecule has 1 fully saturated rings. The number of halogens is 1. The van der Waals surface area contributed by atoms with E-state index in [2.05, 4.69) is 15.9 Å². The average molecular weight is 314 g/mol. The van der Waals surface area contributed by atoms with Crippen LogP contribution in [0.5, 0.6) is 0 Å². The number of benzene rings is 1. The molecule has 0 aromatic heterocycles. The summed E-state index contributed by atoms with van der Waals surface area (Å²) in [7, 11) is 1.97. The van der Waals surface area contributed by atoms with Gasteiger partial charge in [-0.2, -0.15) is 0 Å². The lowest BCUT2D eigenvalue weighted by molar-refractivity contribution is 0.0558. The van der Waals surface area contributed by atoms with Crippen LogP contribution < -0.4 is 4.90 Å². The van der Waals surface area contributed by atoms with Crippen molar-refractivity contribution >= 4 is 21.6 Å². The molecule has 0 saturated heterocycles. The third-order valence-electron chi connectivity index (χ3n) is 3.69. The van der Waals surface area contributed by atoms with Crippen molar-refractivity contribution < 1.29 is 10.2 Å².